The van der Waals surface area contributed by atoms with Gasteiger partial charge in [0.2, 0.25) is 0 Å². The number of hydrogen-bond acceptors (Lipinski definition) is 16. The number of nitrogens with two attached hydrogens (primary N) is 1. The average molecular weight is 803 g/mol. The molecule has 3 amide bonds. The number of aryl methyl sites for hydroxylation is 1. The van der Waals surface area contributed by atoms with E-state index in [1.165, 1.54) is 28.0 Å². The topological polar surface area (TPSA) is 245 Å². The quantitative estimate of drug-likeness (QED) is 0.0838. The minimum Gasteiger partial charge on any atom is -0.545 e. The van der Waals surface area contributed by atoms with Crippen LogP contribution in [0.4, 0.5) is 20.0 Å². The molecule has 0 radical (unpaired) electrons. The molecule has 3 aliphatic heterocycles. The third-order valence-corrected chi connectivity index (χ3v) is 10.7. The molecule has 0 unspecified atom stereocenters. The van der Waals surface area contributed by atoms with Gasteiger partial charge in [-0.1, -0.05) is 5.16 Å². The van der Waals surface area contributed by atoms with Crippen molar-refractivity contribution in [3.8, 4) is 0 Å². The fraction of sp³-hybridized carbons (Fsp3) is 0.355. The van der Waals surface area contributed by atoms with E-state index in [2.05, 4.69) is 15.5 Å². The monoisotopic (exact) mass is 802 g/mol. The number of aromatic carboxylic acids is 1. The van der Waals surface area contributed by atoms with Gasteiger partial charge in [-0.15, -0.1) is 23.1 Å². The third-order valence-electron chi connectivity index (χ3n) is 8.65. The number of oxime groups is 1. The Morgan fingerprint density at radius 1 is 1.11 bits per heavy atom. The first-order valence-corrected chi connectivity index (χ1v) is 17.5. The molecule has 2 saturated heterocycles. The van der Waals surface area contributed by atoms with Gasteiger partial charge in [0.25, 0.3) is 11.8 Å². The summed E-state index contributed by atoms with van der Waals surface area (Å²) in [6.07, 6.45) is 0.394. The van der Waals surface area contributed by atoms with Gasteiger partial charge in [0, 0.05) is 61.0 Å². The number of thiazole rings is 1. The van der Waals surface area contributed by atoms with E-state index in [1.54, 1.807) is 11.8 Å². The van der Waals surface area contributed by atoms with Gasteiger partial charge in [-0.05, 0) is 19.1 Å². The van der Waals surface area contributed by atoms with Crippen LogP contribution in [0.5, 0.6) is 0 Å². The number of β-lactam (4-membered cyclic amide) rings is 1. The Balaban J connectivity index is 0.00000325. The number of carboxylic acid groups (broad SMARTS) is 2. The second-order valence-electron chi connectivity index (χ2n) is 11.6. The zero-order valence-corrected chi connectivity index (χ0v) is 35.1. The third kappa shape index (κ3) is 8.27. The predicted molar refractivity (Wildman–Crippen MR) is 180 cm³/mol. The van der Waals surface area contributed by atoms with Gasteiger partial charge in [0.05, 0.1) is 34.4 Å². The smallest absolute Gasteiger partial charge is 0.545 e. The van der Waals surface area contributed by atoms with E-state index in [0.29, 0.717) is 12.1 Å². The van der Waals surface area contributed by atoms with Gasteiger partial charge < -0.3 is 54.8 Å². The Kier molecular flexibility index (Phi) is 14.2. The van der Waals surface area contributed by atoms with Crippen molar-refractivity contribution in [2.75, 3.05) is 56.3 Å². The number of benzene rings is 1. The summed E-state index contributed by atoms with van der Waals surface area (Å²) < 4.78 is 22.2. The van der Waals surface area contributed by atoms with E-state index in [-0.39, 0.29) is 124 Å². The van der Waals surface area contributed by atoms with E-state index in [0.717, 1.165) is 40.3 Å². The minimum atomic E-state index is -1.66. The fourth-order valence-corrected chi connectivity index (χ4v) is 7.98. The first kappa shape index (κ1) is 43.0. The zero-order valence-electron chi connectivity index (χ0n) is 29.5. The molecule has 1 aromatic carbocycles. The van der Waals surface area contributed by atoms with Crippen LogP contribution in [-0.4, -0.2) is 112 Å². The number of carbonyl (C=O) groups is 5. The number of carbonyl (C=O) groups excluding carboxylic acids is 5. The normalized spacial score (nSPS) is 18.2. The molecular weight excluding hydrogens is 773 g/mol. The second kappa shape index (κ2) is 17.8. The molecule has 0 aliphatic carbocycles. The maximum atomic E-state index is 15.3. The molecule has 23 heteroatoms. The molecule has 2 aromatic heterocycles. The maximum Gasteiger partial charge on any atom is 1.00 e. The number of amides is 3. The molecule has 3 aliphatic rings. The molecule has 2 atom stereocenters. The van der Waals surface area contributed by atoms with Gasteiger partial charge in [0.1, 0.15) is 36.6 Å². The SMILES string of the molecule is CCn1cc(C(=O)[O-])c(=O)c2cc(F)c(N3CCN(C(=O)OCC4=C(C(=O)[O-])N5C(=O)[C@@H](NC(=O)/C(=N\OC)c6csc(N)n6)[C@H]5SC4)CC3)cc21.[Na+].[Na+]. The molecule has 18 nitrogen and oxygen atoms in total. The van der Waals surface area contributed by atoms with E-state index < -0.39 is 70.4 Å². The average Bonchev–Trinajstić information content (AvgIpc) is 3.56. The number of nitrogens with zero attached hydrogens (tertiary/aromatic N) is 6. The van der Waals surface area contributed by atoms with Gasteiger partial charge in [-0.3, -0.25) is 19.3 Å². The molecule has 0 spiro atoms. The molecule has 5 heterocycles. The standard InChI is InChI=1S/C31H31FN8O10S2.2Na/c1-3-37-10-16(28(44)45)24(41)15-8-17(32)20(9-19(15)37)38-4-6-39(7-5-38)31(48)50-11-14-12-51-27-22(26(43)40(27)23(14)29(46)47)35-25(42)21(36-49-2)18-13-52-30(33)34-18;;/h8-10,13,22,27H,3-7,11-12H2,1-2H3,(H2,33,34)(H,35,42)(H,44,45)(H,46,47);;/q;2*+1/p-2/b36-21-;;/t22-,27-;;/m1../s1. The molecule has 6 rings (SSSR count). The molecule has 3 N–H and O–H groups in total. The number of aliphatic carboxylic acids is 1. The first-order chi connectivity index (χ1) is 24.8. The predicted octanol–water partition coefficient (Wildman–Crippen LogP) is -7.72. The van der Waals surface area contributed by atoms with Crippen molar-refractivity contribution in [3.63, 3.8) is 0 Å². The molecular formula is C31H29FN8Na2O10S2. The molecule has 0 saturated carbocycles. The zero-order chi connectivity index (χ0) is 37.4. The number of anilines is 2. The summed E-state index contributed by atoms with van der Waals surface area (Å²) in [6.45, 7) is 2.16. The second-order valence-corrected chi connectivity index (χ2v) is 13.6. The Bertz CT molecular complexity index is 2140. The number of piperazine rings is 1. The summed E-state index contributed by atoms with van der Waals surface area (Å²) in [5.74, 6) is -5.54. The molecule has 2 fully saturated rings. The van der Waals surface area contributed by atoms with Crippen LogP contribution < -0.4 is 90.7 Å². The molecule has 3 aromatic rings. The van der Waals surface area contributed by atoms with Gasteiger partial charge in [0.15, 0.2) is 16.3 Å². The number of fused-ring (bicyclic) bond motifs is 2. The van der Waals surface area contributed by atoms with Crippen LogP contribution in [0.1, 0.15) is 23.0 Å². The summed E-state index contributed by atoms with van der Waals surface area (Å²) >= 11 is 2.22. The Labute approximate surface area is 358 Å². The molecule has 274 valence electrons. The Morgan fingerprint density at radius 3 is 2.41 bits per heavy atom. The number of thioether (sulfide) groups is 1. The van der Waals surface area contributed by atoms with E-state index in [4.69, 9.17) is 15.3 Å². The molecule has 0 bridgehead atoms. The van der Waals surface area contributed by atoms with Crippen molar-refractivity contribution >= 4 is 80.4 Å². The van der Waals surface area contributed by atoms with Crippen LogP contribution in [0.2, 0.25) is 0 Å². The maximum absolute atomic E-state index is 15.3. The van der Waals surface area contributed by atoms with Gasteiger partial charge in [-0.2, -0.15) is 0 Å². The number of nitrogen functional groups attached to an aromatic ring is 1. The van der Waals surface area contributed by atoms with Crippen LogP contribution >= 0.6 is 23.1 Å². The van der Waals surface area contributed by atoms with Crippen molar-refractivity contribution in [3.05, 3.63) is 62.3 Å². The number of hydrogen-bond donors (Lipinski definition) is 2. The van der Waals surface area contributed by atoms with E-state index >= 15 is 4.39 Å². The first-order valence-electron chi connectivity index (χ1n) is 15.6. The number of nitrogens with one attached hydrogen (secondary N) is 1. The summed E-state index contributed by atoms with van der Waals surface area (Å²) in [6, 6.07) is 1.35. The van der Waals surface area contributed by atoms with Crippen molar-refractivity contribution < 1.29 is 107 Å². The van der Waals surface area contributed by atoms with Crippen LogP contribution in [-0.2, 0) is 30.5 Å². The number of carboxylic acids is 2. The van der Waals surface area contributed by atoms with Gasteiger partial charge in [-0.25, -0.2) is 14.2 Å². The Morgan fingerprint density at radius 2 is 1.81 bits per heavy atom. The van der Waals surface area contributed by atoms with Crippen molar-refractivity contribution in [1.82, 2.24) is 24.7 Å². The number of rotatable bonds is 10. The largest absolute Gasteiger partial charge is 1.00 e. The summed E-state index contributed by atoms with van der Waals surface area (Å²) in [7, 11) is 1.22. The Hall–Kier alpha value is -3.70. The van der Waals surface area contributed by atoms with Crippen molar-refractivity contribution in [1.29, 1.82) is 0 Å². The van der Waals surface area contributed by atoms with Crippen LogP contribution in [0.25, 0.3) is 10.9 Å². The van der Waals surface area contributed by atoms with Crippen LogP contribution in [0.15, 0.2) is 44.9 Å². The van der Waals surface area contributed by atoms with Crippen LogP contribution in [0, 0.1) is 5.82 Å². The molecule has 54 heavy (non-hydrogen) atoms. The summed E-state index contributed by atoms with van der Waals surface area (Å²) in [5, 5.41) is 30.6. The van der Waals surface area contributed by atoms with Crippen molar-refractivity contribution in [2.45, 2.75) is 24.9 Å². The van der Waals surface area contributed by atoms with Crippen LogP contribution in [0.3, 0.4) is 0 Å². The van der Waals surface area contributed by atoms with Crippen molar-refractivity contribution in [2.24, 2.45) is 5.16 Å². The van der Waals surface area contributed by atoms with E-state index in [9.17, 15) is 39.0 Å². The number of halogens is 1. The summed E-state index contributed by atoms with van der Waals surface area (Å²) in [4.78, 5) is 88.1. The number of pyridine rings is 1. The number of aromatic nitrogens is 2. The number of ether oxygens (including phenoxy) is 1. The van der Waals surface area contributed by atoms with E-state index in [1.807, 2.05) is 0 Å². The fourth-order valence-electron chi connectivity index (χ4n) is 6.10. The minimum absolute atomic E-state index is 0. The van der Waals surface area contributed by atoms with Gasteiger partial charge >= 0.3 is 65.2 Å². The summed E-state index contributed by atoms with van der Waals surface area (Å²) in [5.41, 5.74) is 4.27.